The Morgan fingerprint density at radius 3 is 2.41 bits per heavy atom. The van der Waals surface area contributed by atoms with Crippen molar-refractivity contribution >= 4 is 23.4 Å². The normalized spacial score (nSPS) is 11.0. The molecule has 0 fully saturated rings. The fourth-order valence-corrected chi connectivity index (χ4v) is 3.14. The quantitative estimate of drug-likeness (QED) is 0.732. The molecule has 0 aliphatic heterocycles. The van der Waals surface area contributed by atoms with Crippen LogP contribution in [0.25, 0.3) is 0 Å². The van der Waals surface area contributed by atoms with Crippen molar-refractivity contribution in [3.63, 3.8) is 0 Å². The van der Waals surface area contributed by atoms with Crippen LogP contribution in [0, 0.1) is 0 Å². The summed E-state index contributed by atoms with van der Waals surface area (Å²) in [5.41, 5.74) is 2.80. The summed E-state index contributed by atoms with van der Waals surface area (Å²) < 4.78 is 0. The van der Waals surface area contributed by atoms with Gasteiger partial charge in [0.1, 0.15) is 0 Å². The molecule has 116 valence electrons. The Balaban J connectivity index is 2.21. The summed E-state index contributed by atoms with van der Waals surface area (Å²) in [7, 11) is 0. The number of rotatable bonds is 5. The second-order valence-electron chi connectivity index (χ2n) is 5.90. The molecule has 22 heavy (non-hydrogen) atoms. The Hall–Kier alpha value is -1.74. The molecule has 2 rings (SSSR count). The maximum Gasteiger partial charge on any atom is 0.256 e. The van der Waals surface area contributed by atoms with Crippen LogP contribution in [-0.4, -0.2) is 11.2 Å². The molecule has 0 aromatic heterocycles. The lowest BCUT2D eigenvalue weighted by molar-refractivity contribution is 0.102. The summed E-state index contributed by atoms with van der Waals surface area (Å²) in [6.45, 7) is 8.56. The number of hydrogen-bond donors (Lipinski definition) is 1. The van der Waals surface area contributed by atoms with Gasteiger partial charge in [-0.15, -0.1) is 11.8 Å². The van der Waals surface area contributed by atoms with E-state index in [1.54, 1.807) is 11.8 Å². The fraction of sp³-hybridized carbons (Fsp3) is 0.316. The van der Waals surface area contributed by atoms with E-state index in [1.165, 1.54) is 5.56 Å². The molecule has 0 bridgehead atoms. The Kier molecular flexibility index (Phi) is 5.67. The predicted molar refractivity (Wildman–Crippen MR) is 95.9 cm³/mol. The number of amides is 1. The van der Waals surface area contributed by atoms with Crippen molar-refractivity contribution in [1.82, 2.24) is 0 Å². The SMILES string of the molecule is CC(C)Sc1ccccc1C(=O)Nc1cccc(C(C)C)c1. The maximum absolute atomic E-state index is 12.6. The molecule has 0 aliphatic carbocycles. The van der Waals surface area contributed by atoms with E-state index in [4.69, 9.17) is 0 Å². The van der Waals surface area contributed by atoms with Crippen molar-refractivity contribution in [2.45, 2.75) is 43.8 Å². The first kappa shape index (κ1) is 16.6. The van der Waals surface area contributed by atoms with Crippen LogP contribution in [0.2, 0.25) is 0 Å². The molecule has 0 saturated carbocycles. The third-order valence-electron chi connectivity index (χ3n) is 3.31. The zero-order valence-corrected chi connectivity index (χ0v) is 14.4. The van der Waals surface area contributed by atoms with E-state index in [9.17, 15) is 4.79 Å². The van der Waals surface area contributed by atoms with Crippen LogP contribution in [0.5, 0.6) is 0 Å². The van der Waals surface area contributed by atoms with Crippen molar-refractivity contribution in [1.29, 1.82) is 0 Å². The molecule has 0 radical (unpaired) electrons. The van der Waals surface area contributed by atoms with Gasteiger partial charge in [-0.2, -0.15) is 0 Å². The summed E-state index contributed by atoms with van der Waals surface area (Å²) in [5, 5.41) is 3.46. The Labute approximate surface area is 137 Å². The minimum atomic E-state index is -0.0512. The van der Waals surface area contributed by atoms with Gasteiger partial charge < -0.3 is 5.32 Å². The van der Waals surface area contributed by atoms with Gasteiger partial charge in [-0.25, -0.2) is 0 Å². The smallest absolute Gasteiger partial charge is 0.256 e. The van der Waals surface area contributed by atoms with E-state index >= 15 is 0 Å². The second kappa shape index (κ2) is 7.50. The number of hydrogen-bond acceptors (Lipinski definition) is 2. The molecule has 2 nitrogen and oxygen atoms in total. The molecule has 0 unspecified atom stereocenters. The fourth-order valence-electron chi connectivity index (χ4n) is 2.18. The monoisotopic (exact) mass is 313 g/mol. The highest BCUT2D eigenvalue weighted by molar-refractivity contribution is 8.00. The first-order valence-corrected chi connectivity index (χ1v) is 8.52. The molecule has 0 atom stereocenters. The van der Waals surface area contributed by atoms with Crippen LogP contribution in [0.3, 0.4) is 0 Å². The summed E-state index contributed by atoms with van der Waals surface area (Å²) in [4.78, 5) is 13.6. The zero-order chi connectivity index (χ0) is 16.1. The topological polar surface area (TPSA) is 29.1 Å². The molecular weight excluding hydrogens is 290 g/mol. The molecule has 1 N–H and O–H groups in total. The van der Waals surface area contributed by atoms with E-state index in [0.717, 1.165) is 16.1 Å². The van der Waals surface area contributed by atoms with Crippen LogP contribution < -0.4 is 5.32 Å². The van der Waals surface area contributed by atoms with E-state index in [2.05, 4.69) is 39.1 Å². The van der Waals surface area contributed by atoms with E-state index in [-0.39, 0.29) is 5.91 Å². The summed E-state index contributed by atoms with van der Waals surface area (Å²) in [5.74, 6) is 0.394. The highest BCUT2D eigenvalue weighted by Gasteiger charge is 2.13. The minimum absolute atomic E-state index is 0.0512. The molecule has 3 heteroatoms. The van der Waals surface area contributed by atoms with Gasteiger partial charge >= 0.3 is 0 Å². The summed E-state index contributed by atoms with van der Waals surface area (Å²) in [6, 6.07) is 15.8. The molecular formula is C19H23NOS. The zero-order valence-electron chi connectivity index (χ0n) is 13.6. The minimum Gasteiger partial charge on any atom is -0.322 e. The maximum atomic E-state index is 12.6. The second-order valence-corrected chi connectivity index (χ2v) is 7.52. The van der Waals surface area contributed by atoms with Gasteiger partial charge in [0.2, 0.25) is 0 Å². The third kappa shape index (κ3) is 4.38. The van der Waals surface area contributed by atoms with Crippen molar-refractivity contribution in [3.8, 4) is 0 Å². The average Bonchev–Trinajstić information content (AvgIpc) is 2.47. The van der Waals surface area contributed by atoms with Gasteiger partial charge in [-0.3, -0.25) is 4.79 Å². The van der Waals surface area contributed by atoms with Gasteiger partial charge in [-0.05, 0) is 35.7 Å². The Morgan fingerprint density at radius 1 is 1.00 bits per heavy atom. The van der Waals surface area contributed by atoms with Crippen molar-refractivity contribution in [2.24, 2.45) is 0 Å². The molecule has 0 saturated heterocycles. The molecule has 1 amide bonds. The van der Waals surface area contributed by atoms with Gasteiger partial charge in [-0.1, -0.05) is 52.0 Å². The van der Waals surface area contributed by atoms with Crippen LogP contribution >= 0.6 is 11.8 Å². The lowest BCUT2D eigenvalue weighted by atomic mass is 10.0. The molecule has 0 heterocycles. The number of carbonyl (C=O) groups excluding carboxylic acids is 1. The predicted octanol–water partition coefficient (Wildman–Crippen LogP) is 5.56. The van der Waals surface area contributed by atoms with Crippen molar-refractivity contribution < 1.29 is 4.79 Å². The Morgan fingerprint density at radius 2 is 1.73 bits per heavy atom. The number of benzene rings is 2. The highest BCUT2D eigenvalue weighted by atomic mass is 32.2. The number of thioether (sulfide) groups is 1. The van der Waals surface area contributed by atoms with E-state index in [0.29, 0.717) is 11.2 Å². The molecule has 2 aromatic rings. The van der Waals surface area contributed by atoms with Crippen LogP contribution in [0.1, 0.15) is 49.5 Å². The first-order valence-electron chi connectivity index (χ1n) is 7.64. The van der Waals surface area contributed by atoms with E-state index in [1.807, 2.05) is 42.5 Å². The largest absolute Gasteiger partial charge is 0.322 e. The highest BCUT2D eigenvalue weighted by Crippen LogP contribution is 2.27. The lowest BCUT2D eigenvalue weighted by Gasteiger charge is -2.13. The summed E-state index contributed by atoms with van der Waals surface area (Å²) >= 11 is 1.71. The number of nitrogens with one attached hydrogen (secondary N) is 1. The van der Waals surface area contributed by atoms with Crippen LogP contribution in [-0.2, 0) is 0 Å². The number of anilines is 1. The Bertz CT molecular complexity index is 649. The van der Waals surface area contributed by atoms with Crippen molar-refractivity contribution in [2.75, 3.05) is 5.32 Å². The standard InChI is InChI=1S/C19H23NOS/c1-13(2)15-8-7-9-16(12-15)20-19(21)17-10-5-6-11-18(17)22-14(3)4/h5-14H,1-4H3,(H,20,21). The summed E-state index contributed by atoms with van der Waals surface area (Å²) in [6.07, 6.45) is 0. The van der Waals surface area contributed by atoms with Gasteiger partial charge in [0.25, 0.3) is 5.91 Å². The van der Waals surface area contributed by atoms with Crippen molar-refractivity contribution in [3.05, 3.63) is 59.7 Å². The first-order chi connectivity index (χ1) is 10.5. The third-order valence-corrected chi connectivity index (χ3v) is 4.39. The average molecular weight is 313 g/mol. The van der Waals surface area contributed by atoms with Gasteiger partial charge in [0, 0.05) is 15.8 Å². The molecule has 0 aliphatic rings. The van der Waals surface area contributed by atoms with Crippen LogP contribution in [0.15, 0.2) is 53.4 Å². The van der Waals surface area contributed by atoms with Gasteiger partial charge in [0.05, 0.1) is 5.56 Å². The van der Waals surface area contributed by atoms with Gasteiger partial charge in [0.15, 0.2) is 0 Å². The molecule has 0 spiro atoms. The lowest BCUT2D eigenvalue weighted by Crippen LogP contribution is -2.13. The van der Waals surface area contributed by atoms with Crippen LogP contribution in [0.4, 0.5) is 5.69 Å². The van der Waals surface area contributed by atoms with E-state index < -0.39 is 0 Å². The molecule has 2 aromatic carbocycles. The number of carbonyl (C=O) groups is 1.